The van der Waals surface area contributed by atoms with E-state index in [-0.39, 0.29) is 11.8 Å². The minimum absolute atomic E-state index is 0.110. The summed E-state index contributed by atoms with van der Waals surface area (Å²) in [6.45, 7) is 6.45. The van der Waals surface area contributed by atoms with Gasteiger partial charge in [-0.1, -0.05) is 44.7 Å². The number of hydrogen-bond donors (Lipinski definition) is 1. The summed E-state index contributed by atoms with van der Waals surface area (Å²) in [6, 6.07) is 7.92. The van der Waals surface area contributed by atoms with Crippen LogP contribution in [-0.2, 0) is 10.2 Å². The van der Waals surface area contributed by atoms with Gasteiger partial charge in [-0.2, -0.15) is 0 Å². The van der Waals surface area contributed by atoms with Crippen LogP contribution in [0.1, 0.15) is 38.3 Å². The minimum atomic E-state index is -0.890. The first kappa shape index (κ1) is 12.3. The van der Waals surface area contributed by atoms with E-state index in [0.29, 0.717) is 0 Å². The minimum Gasteiger partial charge on any atom is -0.481 e. The van der Waals surface area contributed by atoms with Gasteiger partial charge in [-0.3, -0.25) is 4.79 Å². The number of carboxylic acids is 1. The molecule has 16 heavy (non-hydrogen) atoms. The Labute approximate surface area is 96.3 Å². The van der Waals surface area contributed by atoms with Gasteiger partial charge in [0.2, 0.25) is 0 Å². The zero-order valence-electron chi connectivity index (χ0n) is 9.87. The van der Waals surface area contributed by atoms with Crippen LogP contribution in [0.15, 0.2) is 24.3 Å². The van der Waals surface area contributed by atoms with E-state index in [1.54, 1.807) is 0 Å². The van der Waals surface area contributed by atoms with E-state index in [0.717, 1.165) is 5.56 Å². The van der Waals surface area contributed by atoms with E-state index in [2.05, 4.69) is 32.6 Å². The van der Waals surface area contributed by atoms with Crippen molar-refractivity contribution in [1.82, 2.24) is 0 Å². The SMILES string of the molecule is CC(C)(C)c1ccc(C#CCC(=O)O)cc1. The summed E-state index contributed by atoms with van der Waals surface area (Å²) in [5.41, 5.74) is 2.23. The monoisotopic (exact) mass is 216 g/mol. The van der Waals surface area contributed by atoms with Gasteiger partial charge in [0.1, 0.15) is 6.42 Å². The van der Waals surface area contributed by atoms with Gasteiger partial charge in [0.15, 0.2) is 0 Å². The third kappa shape index (κ3) is 3.78. The Morgan fingerprint density at radius 1 is 1.25 bits per heavy atom. The molecule has 0 amide bonds. The second-order valence-electron chi connectivity index (χ2n) is 4.70. The van der Waals surface area contributed by atoms with Crippen molar-refractivity contribution in [1.29, 1.82) is 0 Å². The predicted octanol–water partition coefficient (Wildman–Crippen LogP) is 2.81. The molecule has 2 heteroatoms. The molecule has 0 saturated carbocycles. The van der Waals surface area contributed by atoms with E-state index in [4.69, 9.17) is 5.11 Å². The molecule has 0 unspecified atom stereocenters. The summed E-state index contributed by atoms with van der Waals surface area (Å²) in [6.07, 6.45) is -0.110. The molecule has 0 atom stereocenters. The normalized spacial score (nSPS) is 10.4. The second kappa shape index (κ2) is 4.85. The van der Waals surface area contributed by atoms with Crippen LogP contribution in [0.25, 0.3) is 0 Å². The van der Waals surface area contributed by atoms with Gasteiger partial charge in [-0.15, -0.1) is 0 Å². The van der Waals surface area contributed by atoms with Crippen molar-refractivity contribution in [2.24, 2.45) is 0 Å². The smallest absolute Gasteiger partial charge is 0.315 e. The van der Waals surface area contributed by atoms with Gasteiger partial charge < -0.3 is 5.11 Å². The highest BCUT2D eigenvalue weighted by Gasteiger charge is 2.12. The summed E-state index contributed by atoms with van der Waals surface area (Å²) in [5, 5.41) is 8.44. The fourth-order valence-electron chi connectivity index (χ4n) is 1.28. The van der Waals surface area contributed by atoms with Crippen LogP contribution in [0.2, 0.25) is 0 Å². The maximum absolute atomic E-state index is 10.3. The van der Waals surface area contributed by atoms with Crippen molar-refractivity contribution < 1.29 is 9.90 Å². The summed E-state index contributed by atoms with van der Waals surface area (Å²) in [5.74, 6) is 4.54. The Bertz CT molecular complexity index is 425. The number of aliphatic carboxylic acids is 1. The molecular formula is C14H16O2. The maximum Gasteiger partial charge on any atom is 0.315 e. The van der Waals surface area contributed by atoms with Gasteiger partial charge in [-0.25, -0.2) is 0 Å². The molecule has 1 aromatic carbocycles. The number of carbonyl (C=O) groups is 1. The van der Waals surface area contributed by atoms with E-state index in [1.807, 2.05) is 24.3 Å². The molecular weight excluding hydrogens is 200 g/mol. The number of rotatable bonds is 1. The van der Waals surface area contributed by atoms with Crippen LogP contribution in [0.3, 0.4) is 0 Å². The van der Waals surface area contributed by atoms with E-state index in [1.165, 1.54) is 5.56 Å². The molecule has 0 aliphatic carbocycles. The zero-order valence-corrected chi connectivity index (χ0v) is 9.87. The first-order valence-electron chi connectivity index (χ1n) is 5.21. The molecule has 2 nitrogen and oxygen atoms in total. The molecule has 0 fully saturated rings. The molecule has 0 aromatic heterocycles. The first-order valence-corrected chi connectivity index (χ1v) is 5.21. The third-order valence-corrected chi connectivity index (χ3v) is 2.22. The standard InChI is InChI=1S/C14H16O2/c1-14(2,3)12-9-7-11(8-10-12)5-4-6-13(15)16/h7-10H,6H2,1-3H3,(H,15,16). The zero-order chi connectivity index (χ0) is 12.2. The molecule has 0 spiro atoms. The lowest BCUT2D eigenvalue weighted by Gasteiger charge is -2.18. The first-order chi connectivity index (χ1) is 7.39. The van der Waals surface area contributed by atoms with Crippen LogP contribution >= 0.6 is 0 Å². The van der Waals surface area contributed by atoms with Crippen LogP contribution < -0.4 is 0 Å². The van der Waals surface area contributed by atoms with E-state index < -0.39 is 5.97 Å². The number of benzene rings is 1. The molecule has 1 aromatic rings. The van der Waals surface area contributed by atoms with Crippen molar-refractivity contribution in [2.45, 2.75) is 32.6 Å². The summed E-state index contributed by atoms with van der Waals surface area (Å²) in [4.78, 5) is 10.3. The predicted molar refractivity (Wildman–Crippen MR) is 64.3 cm³/mol. The van der Waals surface area contributed by atoms with Crippen LogP contribution in [-0.4, -0.2) is 11.1 Å². The Morgan fingerprint density at radius 3 is 2.25 bits per heavy atom. The lowest BCUT2D eigenvalue weighted by molar-refractivity contribution is -0.135. The highest BCUT2D eigenvalue weighted by Crippen LogP contribution is 2.21. The topological polar surface area (TPSA) is 37.3 Å². The van der Waals surface area contributed by atoms with Crippen molar-refractivity contribution >= 4 is 5.97 Å². The molecule has 0 heterocycles. The molecule has 0 aliphatic rings. The summed E-state index contributed by atoms with van der Waals surface area (Å²) in [7, 11) is 0. The second-order valence-corrected chi connectivity index (χ2v) is 4.70. The number of carboxylic acid groups (broad SMARTS) is 1. The fraction of sp³-hybridized carbons (Fsp3) is 0.357. The Morgan fingerprint density at radius 2 is 1.81 bits per heavy atom. The Hall–Kier alpha value is -1.75. The molecule has 84 valence electrons. The van der Waals surface area contributed by atoms with Crippen LogP contribution in [0.4, 0.5) is 0 Å². The molecule has 1 rings (SSSR count). The third-order valence-electron chi connectivity index (χ3n) is 2.22. The Kier molecular flexibility index (Phi) is 3.73. The summed E-state index contributed by atoms with van der Waals surface area (Å²) >= 11 is 0. The highest BCUT2D eigenvalue weighted by atomic mass is 16.4. The Balaban J connectivity index is 2.78. The van der Waals surface area contributed by atoms with Gasteiger partial charge in [0.05, 0.1) is 0 Å². The molecule has 0 radical (unpaired) electrons. The van der Waals surface area contributed by atoms with Crippen molar-refractivity contribution in [2.75, 3.05) is 0 Å². The largest absolute Gasteiger partial charge is 0.481 e. The molecule has 1 N–H and O–H groups in total. The molecule has 0 bridgehead atoms. The van der Waals surface area contributed by atoms with Crippen molar-refractivity contribution in [3.8, 4) is 11.8 Å². The maximum atomic E-state index is 10.3. The van der Waals surface area contributed by atoms with Crippen LogP contribution in [0, 0.1) is 11.8 Å². The quantitative estimate of drug-likeness (QED) is 0.733. The van der Waals surface area contributed by atoms with Gasteiger partial charge in [-0.05, 0) is 23.1 Å². The van der Waals surface area contributed by atoms with Gasteiger partial charge >= 0.3 is 5.97 Å². The fourth-order valence-corrected chi connectivity index (χ4v) is 1.28. The van der Waals surface area contributed by atoms with Crippen molar-refractivity contribution in [3.05, 3.63) is 35.4 Å². The van der Waals surface area contributed by atoms with Gasteiger partial charge in [0.25, 0.3) is 0 Å². The highest BCUT2D eigenvalue weighted by molar-refractivity contribution is 5.70. The average molecular weight is 216 g/mol. The molecule has 0 saturated heterocycles. The lowest BCUT2D eigenvalue weighted by Crippen LogP contribution is -2.10. The van der Waals surface area contributed by atoms with E-state index in [9.17, 15) is 4.79 Å². The lowest BCUT2D eigenvalue weighted by atomic mass is 9.87. The van der Waals surface area contributed by atoms with E-state index >= 15 is 0 Å². The van der Waals surface area contributed by atoms with Gasteiger partial charge in [0, 0.05) is 5.56 Å². The van der Waals surface area contributed by atoms with Crippen molar-refractivity contribution in [3.63, 3.8) is 0 Å². The number of hydrogen-bond acceptors (Lipinski definition) is 1. The van der Waals surface area contributed by atoms with Crippen LogP contribution in [0.5, 0.6) is 0 Å². The summed E-state index contributed by atoms with van der Waals surface area (Å²) < 4.78 is 0. The average Bonchev–Trinajstić information content (AvgIpc) is 2.16. The molecule has 0 aliphatic heterocycles.